The van der Waals surface area contributed by atoms with Gasteiger partial charge in [0, 0.05) is 61.8 Å². The van der Waals surface area contributed by atoms with Crippen LogP contribution in [-0.2, 0) is 11.3 Å². The first-order valence-electron chi connectivity index (χ1n) is 10.3. The molecule has 7 nitrogen and oxygen atoms in total. The van der Waals surface area contributed by atoms with Gasteiger partial charge < -0.3 is 9.64 Å². The van der Waals surface area contributed by atoms with Gasteiger partial charge in [0.1, 0.15) is 5.75 Å². The van der Waals surface area contributed by atoms with Gasteiger partial charge in [-0.2, -0.15) is 0 Å². The molecule has 1 amide bonds. The number of benzene rings is 1. The number of thiazole rings is 1. The lowest BCUT2D eigenvalue weighted by Crippen LogP contribution is -2.48. The van der Waals surface area contributed by atoms with Crippen LogP contribution in [0.25, 0.3) is 4.96 Å². The number of hydrogen-bond acceptors (Lipinski definition) is 6. The summed E-state index contributed by atoms with van der Waals surface area (Å²) < 4.78 is 7.33. The van der Waals surface area contributed by atoms with E-state index < -0.39 is 0 Å². The van der Waals surface area contributed by atoms with Crippen LogP contribution in [0.15, 0.2) is 40.6 Å². The largest absolute Gasteiger partial charge is 0.493 e. The molecule has 0 radical (unpaired) electrons. The van der Waals surface area contributed by atoms with Crippen LogP contribution in [0.3, 0.4) is 0 Å². The lowest BCUT2D eigenvalue weighted by molar-refractivity contribution is -0.133. The van der Waals surface area contributed by atoms with Crippen molar-refractivity contribution in [3.63, 3.8) is 0 Å². The second kappa shape index (κ2) is 9.80. The predicted molar refractivity (Wildman–Crippen MR) is 122 cm³/mol. The molecule has 9 heteroatoms. The summed E-state index contributed by atoms with van der Waals surface area (Å²) in [6, 6.07) is 7.13. The third-order valence-corrected chi connectivity index (χ3v) is 6.39. The maximum Gasteiger partial charge on any atom is 0.258 e. The Bertz CT molecular complexity index is 1120. The fourth-order valence-corrected chi connectivity index (χ4v) is 4.66. The van der Waals surface area contributed by atoms with Gasteiger partial charge >= 0.3 is 0 Å². The Morgan fingerprint density at radius 2 is 2.03 bits per heavy atom. The molecule has 31 heavy (non-hydrogen) atoms. The summed E-state index contributed by atoms with van der Waals surface area (Å²) in [6.45, 7) is 6.01. The van der Waals surface area contributed by atoms with Crippen molar-refractivity contribution in [2.75, 3.05) is 32.8 Å². The summed E-state index contributed by atoms with van der Waals surface area (Å²) >= 11 is 7.42. The number of rotatable bonds is 7. The minimum absolute atomic E-state index is 0.0499. The van der Waals surface area contributed by atoms with Gasteiger partial charge in [-0.15, -0.1) is 11.3 Å². The third-order valence-electron chi connectivity index (χ3n) is 5.40. The van der Waals surface area contributed by atoms with Crippen molar-refractivity contribution in [3.8, 4) is 5.75 Å². The zero-order chi connectivity index (χ0) is 21.8. The Balaban J connectivity index is 1.20. The molecule has 164 valence electrons. The van der Waals surface area contributed by atoms with Crippen molar-refractivity contribution in [1.29, 1.82) is 0 Å². The predicted octanol–water partition coefficient (Wildman–Crippen LogP) is 3.22. The van der Waals surface area contributed by atoms with Crippen LogP contribution in [0.1, 0.15) is 24.1 Å². The first kappa shape index (κ1) is 21.8. The smallest absolute Gasteiger partial charge is 0.258 e. The number of aromatic nitrogens is 2. The minimum Gasteiger partial charge on any atom is -0.493 e. The van der Waals surface area contributed by atoms with E-state index in [1.165, 1.54) is 11.3 Å². The van der Waals surface area contributed by atoms with Gasteiger partial charge in [0.15, 0.2) is 4.96 Å². The molecular weight excluding hydrogens is 436 g/mol. The average molecular weight is 461 g/mol. The monoisotopic (exact) mass is 460 g/mol. The molecule has 0 bridgehead atoms. The molecule has 0 saturated carbocycles. The van der Waals surface area contributed by atoms with Crippen LogP contribution >= 0.6 is 22.9 Å². The molecule has 1 aliphatic rings. The molecule has 1 aromatic carbocycles. The molecule has 2 aromatic heterocycles. The maximum atomic E-state index is 12.5. The molecule has 0 aliphatic carbocycles. The van der Waals surface area contributed by atoms with Gasteiger partial charge in [0.05, 0.1) is 12.3 Å². The number of nitrogens with zero attached hydrogens (tertiary/aromatic N) is 4. The zero-order valence-corrected chi connectivity index (χ0v) is 19.0. The summed E-state index contributed by atoms with van der Waals surface area (Å²) in [7, 11) is 0. The lowest BCUT2D eigenvalue weighted by atomic mass is 10.2. The Labute approximate surface area is 189 Å². The molecular formula is C22H25ClN4O3S. The second-order valence-corrected chi connectivity index (χ2v) is 8.97. The first-order chi connectivity index (χ1) is 15.0. The highest BCUT2D eigenvalue weighted by Gasteiger charge is 2.21. The maximum absolute atomic E-state index is 12.5. The lowest BCUT2D eigenvalue weighted by Gasteiger charge is -2.34. The molecule has 0 spiro atoms. The quantitative estimate of drug-likeness (QED) is 0.506. The zero-order valence-electron chi connectivity index (χ0n) is 17.4. The first-order valence-corrected chi connectivity index (χ1v) is 11.6. The van der Waals surface area contributed by atoms with E-state index in [1.54, 1.807) is 22.7 Å². The highest BCUT2D eigenvalue weighted by atomic mass is 35.5. The molecule has 3 heterocycles. The van der Waals surface area contributed by atoms with Gasteiger partial charge in [-0.05, 0) is 37.1 Å². The standard InChI is InChI=1S/C22H25ClN4O3S/c1-16-13-17(23)4-5-19(16)30-11-2-3-20(28)26-8-6-25(7-9-26)15-18-14-21(29)27-10-12-31-22(27)24-18/h4-5,10,12-14H,2-3,6-9,11,15H2,1H3. The van der Waals surface area contributed by atoms with Gasteiger partial charge in [0.2, 0.25) is 5.91 Å². The van der Waals surface area contributed by atoms with E-state index in [1.807, 2.05) is 29.3 Å². The highest BCUT2D eigenvalue weighted by molar-refractivity contribution is 7.15. The van der Waals surface area contributed by atoms with Crippen LogP contribution in [0.5, 0.6) is 5.75 Å². The second-order valence-electron chi connectivity index (χ2n) is 7.66. The fraction of sp³-hybridized carbons (Fsp3) is 0.409. The summed E-state index contributed by atoms with van der Waals surface area (Å²) in [5.41, 5.74) is 1.72. The average Bonchev–Trinajstić information content (AvgIpc) is 3.22. The van der Waals surface area contributed by atoms with Crippen molar-refractivity contribution in [2.24, 2.45) is 0 Å². The number of carbonyl (C=O) groups excluding carboxylic acids is 1. The Kier molecular flexibility index (Phi) is 6.89. The van der Waals surface area contributed by atoms with Crippen molar-refractivity contribution in [1.82, 2.24) is 19.2 Å². The van der Waals surface area contributed by atoms with Gasteiger partial charge in [-0.1, -0.05) is 11.6 Å². The number of amides is 1. The van der Waals surface area contributed by atoms with Gasteiger partial charge in [0.25, 0.3) is 5.56 Å². The van der Waals surface area contributed by atoms with Gasteiger partial charge in [-0.3, -0.25) is 18.9 Å². The summed E-state index contributed by atoms with van der Waals surface area (Å²) in [6.07, 6.45) is 2.89. The van der Waals surface area contributed by atoms with E-state index >= 15 is 0 Å². The molecule has 1 saturated heterocycles. The van der Waals surface area contributed by atoms with E-state index in [-0.39, 0.29) is 11.5 Å². The van der Waals surface area contributed by atoms with E-state index in [0.717, 1.165) is 30.1 Å². The molecule has 1 fully saturated rings. The number of halogens is 1. The Morgan fingerprint density at radius 1 is 1.23 bits per heavy atom. The molecule has 1 aliphatic heterocycles. The summed E-state index contributed by atoms with van der Waals surface area (Å²) in [4.78, 5) is 34.1. The molecule has 0 atom stereocenters. The number of hydrogen-bond donors (Lipinski definition) is 0. The summed E-state index contributed by atoms with van der Waals surface area (Å²) in [5.74, 6) is 0.965. The minimum atomic E-state index is -0.0499. The SMILES string of the molecule is Cc1cc(Cl)ccc1OCCCC(=O)N1CCN(Cc2cc(=O)n3ccsc3n2)CC1. The van der Waals surface area contributed by atoms with Crippen LogP contribution in [0, 0.1) is 6.92 Å². The summed E-state index contributed by atoms with van der Waals surface area (Å²) in [5, 5.41) is 2.55. The van der Waals surface area contributed by atoms with Crippen LogP contribution in [-0.4, -0.2) is 57.9 Å². The van der Waals surface area contributed by atoms with E-state index in [2.05, 4.69) is 9.88 Å². The van der Waals surface area contributed by atoms with Crippen LogP contribution in [0.2, 0.25) is 5.02 Å². The molecule has 4 rings (SSSR count). The van der Waals surface area contributed by atoms with Crippen molar-refractivity contribution in [3.05, 3.63) is 62.5 Å². The number of piperazine rings is 1. The fourth-order valence-electron chi connectivity index (χ4n) is 3.69. The third kappa shape index (κ3) is 5.44. The van der Waals surface area contributed by atoms with Crippen LogP contribution in [0.4, 0.5) is 0 Å². The molecule has 0 N–H and O–H groups in total. The topological polar surface area (TPSA) is 67.2 Å². The number of aryl methyl sites for hydroxylation is 1. The van der Waals surface area contributed by atoms with Crippen molar-refractivity contribution >= 4 is 33.8 Å². The number of carbonyl (C=O) groups is 1. The van der Waals surface area contributed by atoms with E-state index in [9.17, 15) is 9.59 Å². The molecule has 0 unspecified atom stereocenters. The number of ether oxygens (including phenoxy) is 1. The van der Waals surface area contributed by atoms with E-state index in [4.69, 9.17) is 16.3 Å². The molecule has 3 aromatic rings. The number of fused-ring (bicyclic) bond motifs is 1. The van der Waals surface area contributed by atoms with E-state index in [0.29, 0.717) is 49.1 Å². The van der Waals surface area contributed by atoms with Gasteiger partial charge in [-0.25, -0.2) is 4.98 Å². The normalized spacial score (nSPS) is 14.8. The van der Waals surface area contributed by atoms with Crippen molar-refractivity contribution in [2.45, 2.75) is 26.3 Å². The highest BCUT2D eigenvalue weighted by Crippen LogP contribution is 2.22. The van der Waals surface area contributed by atoms with Crippen molar-refractivity contribution < 1.29 is 9.53 Å². The van der Waals surface area contributed by atoms with Crippen LogP contribution < -0.4 is 10.3 Å². The Hall–Kier alpha value is -2.42. The Morgan fingerprint density at radius 3 is 2.81 bits per heavy atom.